The Morgan fingerprint density at radius 1 is 1.33 bits per heavy atom. The van der Waals surface area contributed by atoms with Crippen LogP contribution in [0.4, 0.5) is 0 Å². The molecule has 5 heteroatoms. The molecule has 1 aromatic carbocycles. The molecule has 98 valence electrons. The van der Waals surface area contributed by atoms with Gasteiger partial charge in [-0.15, -0.1) is 11.6 Å². The fourth-order valence-corrected chi connectivity index (χ4v) is 2.62. The van der Waals surface area contributed by atoms with E-state index in [0.29, 0.717) is 30.5 Å². The Morgan fingerprint density at radius 2 is 2.00 bits per heavy atom. The van der Waals surface area contributed by atoms with Gasteiger partial charge < -0.3 is 15.1 Å². The number of hydrogen-bond donors (Lipinski definition) is 2. The maximum absolute atomic E-state index is 12.2. The Hall–Kier alpha value is -1.42. The number of halogens is 1. The summed E-state index contributed by atoms with van der Waals surface area (Å²) in [5.74, 6) is 0.708. The van der Waals surface area contributed by atoms with Gasteiger partial charge in [-0.3, -0.25) is 4.79 Å². The molecule has 0 spiro atoms. The molecule has 0 radical (unpaired) electrons. The number of alkyl halides is 1. The molecular weight excluding hydrogens is 254 g/mol. The molecule has 1 aromatic rings. The molecule has 0 bridgehead atoms. The van der Waals surface area contributed by atoms with Gasteiger partial charge >= 0.3 is 0 Å². The van der Waals surface area contributed by atoms with Gasteiger partial charge in [0.05, 0.1) is 0 Å². The first-order chi connectivity index (χ1) is 8.60. The largest absolute Gasteiger partial charge is 0.508 e. The fourth-order valence-electron chi connectivity index (χ4n) is 2.31. The highest BCUT2D eigenvalue weighted by Crippen LogP contribution is 2.25. The summed E-state index contributed by atoms with van der Waals surface area (Å²) < 4.78 is 0. The van der Waals surface area contributed by atoms with Crippen LogP contribution in [-0.2, 0) is 0 Å². The number of carbonyl (C=O) groups is 1. The molecule has 1 heterocycles. The molecule has 1 fully saturated rings. The van der Waals surface area contributed by atoms with E-state index in [2.05, 4.69) is 0 Å². The summed E-state index contributed by atoms with van der Waals surface area (Å²) in [4.78, 5) is 13.9. The van der Waals surface area contributed by atoms with Crippen molar-refractivity contribution in [2.75, 3.05) is 19.0 Å². The van der Waals surface area contributed by atoms with Gasteiger partial charge in [0.1, 0.15) is 11.5 Å². The molecule has 1 atom stereocenters. The van der Waals surface area contributed by atoms with Crippen molar-refractivity contribution in [2.45, 2.75) is 12.8 Å². The Labute approximate surface area is 111 Å². The van der Waals surface area contributed by atoms with Crippen molar-refractivity contribution in [3.63, 3.8) is 0 Å². The molecule has 2 rings (SSSR count). The minimum absolute atomic E-state index is 0.102. The first-order valence-electron chi connectivity index (χ1n) is 5.98. The van der Waals surface area contributed by atoms with Gasteiger partial charge in [-0.2, -0.15) is 0 Å². The minimum Gasteiger partial charge on any atom is -0.508 e. The Kier molecular flexibility index (Phi) is 3.97. The van der Waals surface area contributed by atoms with E-state index in [1.54, 1.807) is 4.90 Å². The zero-order chi connectivity index (χ0) is 13.1. The number of phenolic OH excluding ortho intramolecular Hbond substituents is 2. The summed E-state index contributed by atoms with van der Waals surface area (Å²) >= 11 is 5.70. The van der Waals surface area contributed by atoms with Gasteiger partial charge in [-0.1, -0.05) is 0 Å². The normalized spacial score (nSPS) is 19.2. The molecule has 1 saturated heterocycles. The van der Waals surface area contributed by atoms with E-state index in [1.165, 1.54) is 18.2 Å². The van der Waals surface area contributed by atoms with E-state index in [1.807, 2.05) is 0 Å². The standard InChI is InChI=1S/C13H16ClNO3/c14-3-1-9-2-4-15(8-9)13(18)10-5-11(16)7-12(17)6-10/h5-7,9,16-17H,1-4,8H2. The topological polar surface area (TPSA) is 60.8 Å². The molecule has 2 N–H and O–H groups in total. The quantitative estimate of drug-likeness (QED) is 0.827. The van der Waals surface area contributed by atoms with Crippen molar-refractivity contribution in [3.05, 3.63) is 23.8 Å². The summed E-state index contributed by atoms with van der Waals surface area (Å²) in [5, 5.41) is 18.7. The lowest BCUT2D eigenvalue weighted by atomic mass is 10.1. The van der Waals surface area contributed by atoms with E-state index in [-0.39, 0.29) is 17.4 Å². The van der Waals surface area contributed by atoms with Crippen molar-refractivity contribution in [1.82, 2.24) is 4.90 Å². The number of carbonyl (C=O) groups excluding carboxylic acids is 1. The first-order valence-corrected chi connectivity index (χ1v) is 6.52. The Bertz CT molecular complexity index is 430. The second kappa shape index (κ2) is 5.48. The van der Waals surface area contributed by atoms with Gasteiger partial charge in [0, 0.05) is 30.6 Å². The molecule has 4 nitrogen and oxygen atoms in total. The monoisotopic (exact) mass is 269 g/mol. The van der Waals surface area contributed by atoms with Gasteiger partial charge in [0.2, 0.25) is 0 Å². The lowest BCUT2D eigenvalue weighted by Crippen LogP contribution is -2.28. The molecule has 0 aromatic heterocycles. The van der Waals surface area contributed by atoms with Crippen LogP contribution in [0, 0.1) is 5.92 Å². The minimum atomic E-state index is -0.154. The molecule has 1 unspecified atom stereocenters. The van der Waals surface area contributed by atoms with E-state index in [4.69, 9.17) is 11.6 Å². The van der Waals surface area contributed by atoms with E-state index in [0.717, 1.165) is 12.8 Å². The Morgan fingerprint density at radius 3 is 2.61 bits per heavy atom. The van der Waals surface area contributed by atoms with Crippen LogP contribution in [0.2, 0.25) is 0 Å². The average Bonchev–Trinajstić information content (AvgIpc) is 2.76. The summed E-state index contributed by atoms with van der Waals surface area (Å²) in [5.41, 5.74) is 0.319. The molecule has 1 aliphatic rings. The van der Waals surface area contributed by atoms with Crippen LogP contribution in [0.5, 0.6) is 11.5 Å². The maximum atomic E-state index is 12.2. The predicted octanol–water partition coefficient (Wildman–Crippen LogP) is 2.19. The Balaban J connectivity index is 2.08. The third kappa shape index (κ3) is 2.88. The molecule has 1 amide bonds. The third-order valence-electron chi connectivity index (χ3n) is 3.24. The highest BCUT2D eigenvalue weighted by Gasteiger charge is 2.26. The van der Waals surface area contributed by atoms with Crippen LogP contribution < -0.4 is 0 Å². The smallest absolute Gasteiger partial charge is 0.254 e. The van der Waals surface area contributed by atoms with Gasteiger partial charge in [0.25, 0.3) is 5.91 Å². The van der Waals surface area contributed by atoms with Crippen LogP contribution in [-0.4, -0.2) is 40.0 Å². The fraction of sp³-hybridized carbons (Fsp3) is 0.462. The number of aromatic hydroxyl groups is 2. The van der Waals surface area contributed by atoms with Gasteiger partial charge in [-0.25, -0.2) is 0 Å². The maximum Gasteiger partial charge on any atom is 0.254 e. The number of nitrogens with zero attached hydrogens (tertiary/aromatic N) is 1. The molecule has 18 heavy (non-hydrogen) atoms. The molecule has 0 aliphatic carbocycles. The summed E-state index contributed by atoms with van der Waals surface area (Å²) in [6, 6.07) is 3.95. The van der Waals surface area contributed by atoms with Gasteiger partial charge in [0.15, 0.2) is 0 Å². The van der Waals surface area contributed by atoms with Crippen LogP contribution in [0.15, 0.2) is 18.2 Å². The van der Waals surface area contributed by atoms with Crippen molar-refractivity contribution in [2.24, 2.45) is 5.92 Å². The van der Waals surface area contributed by atoms with Crippen molar-refractivity contribution in [3.8, 4) is 11.5 Å². The van der Waals surface area contributed by atoms with Crippen molar-refractivity contribution < 1.29 is 15.0 Å². The highest BCUT2D eigenvalue weighted by molar-refractivity contribution is 6.17. The molecule has 1 aliphatic heterocycles. The van der Waals surface area contributed by atoms with E-state index < -0.39 is 0 Å². The zero-order valence-electron chi connectivity index (χ0n) is 9.97. The second-order valence-electron chi connectivity index (χ2n) is 4.62. The van der Waals surface area contributed by atoms with E-state index >= 15 is 0 Å². The van der Waals surface area contributed by atoms with Crippen molar-refractivity contribution >= 4 is 17.5 Å². The number of hydrogen-bond acceptors (Lipinski definition) is 3. The van der Waals surface area contributed by atoms with Crippen molar-refractivity contribution in [1.29, 1.82) is 0 Å². The zero-order valence-corrected chi connectivity index (χ0v) is 10.7. The van der Waals surface area contributed by atoms with Crippen LogP contribution in [0.1, 0.15) is 23.2 Å². The molecular formula is C13H16ClNO3. The van der Waals surface area contributed by atoms with Gasteiger partial charge in [-0.05, 0) is 30.9 Å². The highest BCUT2D eigenvalue weighted by atomic mass is 35.5. The summed E-state index contributed by atoms with van der Waals surface area (Å²) in [7, 11) is 0. The van der Waals surface area contributed by atoms with Crippen LogP contribution >= 0.6 is 11.6 Å². The predicted molar refractivity (Wildman–Crippen MR) is 69.1 cm³/mol. The number of amides is 1. The number of benzene rings is 1. The van der Waals surface area contributed by atoms with E-state index in [9.17, 15) is 15.0 Å². The second-order valence-corrected chi connectivity index (χ2v) is 5.00. The molecule has 0 saturated carbocycles. The van der Waals surface area contributed by atoms with Crippen LogP contribution in [0.25, 0.3) is 0 Å². The summed E-state index contributed by atoms with van der Waals surface area (Å²) in [6.07, 6.45) is 1.87. The first kappa shape index (κ1) is 13.0. The SMILES string of the molecule is O=C(c1cc(O)cc(O)c1)N1CCC(CCCl)C1. The lowest BCUT2D eigenvalue weighted by Gasteiger charge is -2.16. The summed E-state index contributed by atoms with van der Waals surface area (Å²) in [6.45, 7) is 1.40. The van der Waals surface area contributed by atoms with Crippen LogP contribution in [0.3, 0.4) is 0 Å². The number of likely N-dealkylation sites (tertiary alicyclic amines) is 1. The third-order valence-corrected chi connectivity index (χ3v) is 3.46. The number of phenols is 2. The lowest BCUT2D eigenvalue weighted by molar-refractivity contribution is 0.0786. The average molecular weight is 270 g/mol. The number of rotatable bonds is 3.